The summed E-state index contributed by atoms with van der Waals surface area (Å²) in [4.78, 5) is 14.4. The lowest BCUT2D eigenvalue weighted by molar-refractivity contribution is 0.0739. The van der Waals surface area contributed by atoms with E-state index in [-0.39, 0.29) is 11.7 Å². The van der Waals surface area contributed by atoms with Gasteiger partial charge in [0, 0.05) is 28.5 Å². The van der Waals surface area contributed by atoms with Crippen LogP contribution in [0.25, 0.3) is 0 Å². The van der Waals surface area contributed by atoms with Crippen molar-refractivity contribution >= 4 is 43.6 Å². The van der Waals surface area contributed by atoms with Gasteiger partial charge in [0.1, 0.15) is 5.84 Å². The zero-order valence-corrected chi connectivity index (χ0v) is 15.2. The Morgan fingerprint density at radius 1 is 1.43 bits per heavy atom. The van der Waals surface area contributed by atoms with Gasteiger partial charge in [-0.15, -0.1) is 0 Å². The molecule has 7 heteroatoms. The number of benzene rings is 1. The average molecular weight is 421 g/mol. The molecule has 0 spiro atoms. The number of nitrogens with two attached hydrogens (primary N) is 1. The maximum Gasteiger partial charge on any atom is 0.255 e. The predicted molar refractivity (Wildman–Crippen MR) is 90.6 cm³/mol. The molecule has 116 valence electrons. The molecule has 0 saturated heterocycles. The molecule has 1 aromatic rings. The van der Waals surface area contributed by atoms with Crippen LogP contribution in [0.3, 0.4) is 0 Å². The molecule has 21 heavy (non-hydrogen) atoms. The van der Waals surface area contributed by atoms with E-state index in [0.29, 0.717) is 31.0 Å². The van der Waals surface area contributed by atoms with E-state index in [2.05, 4.69) is 37.0 Å². The van der Waals surface area contributed by atoms with Crippen LogP contribution in [0.15, 0.2) is 32.3 Å². The quantitative estimate of drug-likeness (QED) is 0.320. The Labute approximate surface area is 141 Å². The van der Waals surface area contributed by atoms with Gasteiger partial charge in [0.15, 0.2) is 0 Å². The van der Waals surface area contributed by atoms with E-state index in [0.717, 1.165) is 8.95 Å². The summed E-state index contributed by atoms with van der Waals surface area (Å²) in [6.45, 7) is 5.10. The minimum absolute atomic E-state index is 0.0809. The minimum Gasteiger partial charge on any atom is -0.409 e. The number of amidine groups is 1. The Hall–Kier alpha value is -1.08. The van der Waals surface area contributed by atoms with Crippen LogP contribution in [0, 0.1) is 5.92 Å². The SMILES string of the molecule is CC(C)CN(CC/C(N)=N/O)C(=O)c1cc(Br)ccc1Br. The molecule has 0 heterocycles. The Morgan fingerprint density at radius 3 is 2.67 bits per heavy atom. The van der Waals surface area contributed by atoms with Gasteiger partial charge in [0.2, 0.25) is 0 Å². The zero-order valence-electron chi connectivity index (χ0n) is 12.0. The molecule has 0 aliphatic heterocycles. The van der Waals surface area contributed by atoms with E-state index in [1.807, 2.05) is 26.0 Å². The molecule has 0 saturated carbocycles. The second-order valence-electron chi connectivity index (χ2n) is 5.11. The molecule has 0 aromatic heterocycles. The van der Waals surface area contributed by atoms with Gasteiger partial charge in [0.25, 0.3) is 5.91 Å². The highest BCUT2D eigenvalue weighted by Crippen LogP contribution is 2.23. The molecule has 0 unspecified atom stereocenters. The van der Waals surface area contributed by atoms with E-state index in [4.69, 9.17) is 10.9 Å². The van der Waals surface area contributed by atoms with Crippen LogP contribution >= 0.6 is 31.9 Å². The molecule has 0 bridgehead atoms. The monoisotopic (exact) mass is 419 g/mol. The highest BCUT2D eigenvalue weighted by Gasteiger charge is 2.19. The second-order valence-corrected chi connectivity index (χ2v) is 6.88. The average Bonchev–Trinajstić information content (AvgIpc) is 2.44. The van der Waals surface area contributed by atoms with E-state index in [9.17, 15) is 4.79 Å². The molecule has 3 N–H and O–H groups in total. The largest absolute Gasteiger partial charge is 0.409 e. The van der Waals surface area contributed by atoms with Crippen molar-refractivity contribution in [1.82, 2.24) is 4.90 Å². The molecule has 1 rings (SSSR count). The van der Waals surface area contributed by atoms with E-state index >= 15 is 0 Å². The van der Waals surface area contributed by atoms with Crippen molar-refractivity contribution < 1.29 is 10.0 Å². The van der Waals surface area contributed by atoms with Gasteiger partial charge in [-0.3, -0.25) is 4.79 Å². The molecule has 1 aromatic carbocycles. The summed E-state index contributed by atoms with van der Waals surface area (Å²) in [7, 11) is 0. The normalized spacial score (nSPS) is 11.8. The molecule has 0 aliphatic carbocycles. The number of nitrogens with zero attached hydrogens (tertiary/aromatic N) is 2. The van der Waals surface area contributed by atoms with Crippen molar-refractivity contribution in [1.29, 1.82) is 0 Å². The molecular formula is C14H19Br2N3O2. The van der Waals surface area contributed by atoms with E-state index in [1.54, 1.807) is 11.0 Å². The van der Waals surface area contributed by atoms with Crippen LogP contribution in [0.1, 0.15) is 30.6 Å². The number of halogens is 2. The van der Waals surface area contributed by atoms with Crippen LogP contribution < -0.4 is 5.73 Å². The van der Waals surface area contributed by atoms with Crippen molar-refractivity contribution in [3.63, 3.8) is 0 Å². The van der Waals surface area contributed by atoms with Crippen molar-refractivity contribution in [3.05, 3.63) is 32.7 Å². The highest BCUT2D eigenvalue weighted by atomic mass is 79.9. The number of amides is 1. The van der Waals surface area contributed by atoms with Gasteiger partial charge in [0.05, 0.1) is 5.56 Å². The Bertz CT molecular complexity index is 533. The summed E-state index contributed by atoms with van der Waals surface area (Å²) >= 11 is 6.78. The fraction of sp³-hybridized carbons (Fsp3) is 0.429. The van der Waals surface area contributed by atoms with Gasteiger partial charge < -0.3 is 15.8 Å². The molecular weight excluding hydrogens is 402 g/mol. The fourth-order valence-corrected chi connectivity index (χ4v) is 2.63. The van der Waals surface area contributed by atoms with Gasteiger partial charge in [-0.1, -0.05) is 34.9 Å². The first kappa shape index (κ1) is 18.0. The lowest BCUT2D eigenvalue weighted by Crippen LogP contribution is -2.37. The van der Waals surface area contributed by atoms with Gasteiger partial charge >= 0.3 is 0 Å². The number of carbonyl (C=O) groups excluding carboxylic acids is 1. The zero-order chi connectivity index (χ0) is 16.0. The lowest BCUT2D eigenvalue weighted by Gasteiger charge is -2.25. The second kappa shape index (κ2) is 8.38. The summed E-state index contributed by atoms with van der Waals surface area (Å²) < 4.78 is 1.59. The van der Waals surface area contributed by atoms with Crippen LogP contribution in [0.2, 0.25) is 0 Å². The number of hydrogen-bond acceptors (Lipinski definition) is 3. The van der Waals surface area contributed by atoms with Gasteiger partial charge in [-0.2, -0.15) is 0 Å². The topological polar surface area (TPSA) is 78.9 Å². The predicted octanol–water partition coefficient (Wildman–Crippen LogP) is 3.45. The Morgan fingerprint density at radius 2 is 2.10 bits per heavy atom. The summed E-state index contributed by atoms with van der Waals surface area (Å²) in [5.41, 5.74) is 6.08. The van der Waals surface area contributed by atoms with Crippen LogP contribution in [-0.2, 0) is 0 Å². The van der Waals surface area contributed by atoms with Crippen LogP contribution in [-0.4, -0.2) is 34.9 Å². The number of rotatable bonds is 6. The third-order valence-electron chi connectivity index (χ3n) is 2.80. The third-order valence-corrected chi connectivity index (χ3v) is 3.98. The summed E-state index contributed by atoms with van der Waals surface area (Å²) in [5, 5.41) is 11.6. The van der Waals surface area contributed by atoms with Gasteiger partial charge in [-0.25, -0.2) is 0 Å². The molecule has 0 aliphatic rings. The van der Waals surface area contributed by atoms with Crippen LogP contribution in [0.4, 0.5) is 0 Å². The van der Waals surface area contributed by atoms with Crippen molar-refractivity contribution in [2.75, 3.05) is 13.1 Å². The molecule has 0 radical (unpaired) electrons. The highest BCUT2D eigenvalue weighted by molar-refractivity contribution is 9.11. The first-order chi connectivity index (χ1) is 9.85. The summed E-state index contributed by atoms with van der Waals surface area (Å²) in [6.07, 6.45) is 0.334. The molecule has 1 amide bonds. The lowest BCUT2D eigenvalue weighted by atomic mass is 10.1. The number of hydrogen-bond donors (Lipinski definition) is 2. The maximum atomic E-state index is 12.7. The van der Waals surface area contributed by atoms with Crippen molar-refractivity contribution in [3.8, 4) is 0 Å². The van der Waals surface area contributed by atoms with Gasteiger partial charge in [-0.05, 0) is 40.0 Å². The van der Waals surface area contributed by atoms with E-state index in [1.165, 1.54) is 0 Å². The Kier molecular flexibility index (Phi) is 7.17. The standard InChI is InChI=1S/C14H19Br2N3O2/c1-9(2)8-19(6-5-13(17)18-21)14(20)11-7-10(15)3-4-12(11)16/h3-4,7,9,21H,5-6,8H2,1-2H3,(H2,17,18). The van der Waals surface area contributed by atoms with E-state index < -0.39 is 0 Å². The minimum atomic E-state index is -0.0809. The first-order valence-corrected chi connectivity index (χ1v) is 8.14. The molecule has 5 nitrogen and oxygen atoms in total. The smallest absolute Gasteiger partial charge is 0.255 e. The van der Waals surface area contributed by atoms with Crippen molar-refractivity contribution in [2.45, 2.75) is 20.3 Å². The maximum absolute atomic E-state index is 12.7. The van der Waals surface area contributed by atoms with Crippen LogP contribution in [0.5, 0.6) is 0 Å². The fourth-order valence-electron chi connectivity index (χ4n) is 1.85. The summed E-state index contributed by atoms with van der Waals surface area (Å²) in [5.74, 6) is 0.361. The first-order valence-electron chi connectivity index (χ1n) is 6.55. The Balaban J connectivity index is 2.96. The number of oxime groups is 1. The van der Waals surface area contributed by atoms with Crippen molar-refractivity contribution in [2.24, 2.45) is 16.8 Å². The summed E-state index contributed by atoms with van der Waals surface area (Å²) in [6, 6.07) is 5.47. The third kappa shape index (κ3) is 5.67. The number of carbonyl (C=O) groups is 1. The molecule has 0 fully saturated rings. The molecule has 0 atom stereocenters.